The molecule has 0 spiro atoms. The van der Waals surface area contributed by atoms with Gasteiger partial charge in [0.15, 0.2) is 0 Å². The van der Waals surface area contributed by atoms with Gasteiger partial charge in [-0.15, -0.1) is 6.42 Å². The van der Waals surface area contributed by atoms with Gasteiger partial charge in [0.2, 0.25) is 0 Å². The molecule has 0 aromatic heterocycles. The monoisotopic (exact) mass is 154 g/mol. The second kappa shape index (κ2) is 5.65. The molecule has 0 radical (unpaired) electrons. The summed E-state index contributed by atoms with van der Waals surface area (Å²) >= 11 is 0. The maximum atomic E-state index is 3.84. The zero-order valence-electron chi connectivity index (χ0n) is 5.63. The first kappa shape index (κ1) is 11.3. The van der Waals surface area contributed by atoms with E-state index in [2.05, 4.69) is 27.7 Å². The molecule has 2 unspecified atom stereocenters. The Hall–Kier alpha value is 0.519. The molecule has 0 aromatic rings. The van der Waals surface area contributed by atoms with Crippen LogP contribution < -0.4 is 0 Å². The van der Waals surface area contributed by atoms with Gasteiger partial charge in [-0.3, -0.25) is 0 Å². The molecule has 0 aliphatic carbocycles. The Morgan fingerprint density at radius 2 is 1.38 bits per heavy atom. The zero-order valence-corrected chi connectivity index (χ0v) is 6.73. The molecule has 0 saturated carbocycles. The van der Waals surface area contributed by atoms with Crippen molar-refractivity contribution in [1.82, 2.24) is 0 Å². The topological polar surface area (TPSA) is 0 Å². The molecule has 0 aromatic carbocycles. The van der Waals surface area contributed by atoms with Crippen molar-refractivity contribution in [3.63, 3.8) is 0 Å². The summed E-state index contributed by atoms with van der Waals surface area (Å²) in [4.78, 5) is 0. The number of hydrogen-bond acceptors (Lipinski definition) is 0. The normalized spacial score (nSPS) is 16.5. The summed E-state index contributed by atoms with van der Waals surface area (Å²) in [5.41, 5.74) is 0. The van der Waals surface area contributed by atoms with Crippen LogP contribution in [0.1, 0.15) is 20.3 Å². The third-order valence-electron chi connectivity index (χ3n) is 0.805. The molecule has 0 rings (SSSR count). The van der Waals surface area contributed by atoms with Crippen LogP contribution in [-0.4, -0.2) is 0 Å². The molecule has 0 saturated heterocycles. The third kappa shape index (κ3) is 9.72. The van der Waals surface area contributed by atoms with Crippen LogP contribution in [0.3, 0.4) is 0 Å². The standard InChI is InChI=1S/C7H14.Fe/c1-6(2)5-7(3)4;/h6-7H,1,3,5H2,2,4H3;/q-2;+2. The van der Waals surface area contributed by atoms with Gasteiger partial charge < -0.3 is 13.8 Å². The molecule has 0 nitrogen and oxygen atoms in total. The molecule has 8 heavy (non-hydrogen) atoms. The fourth-order valence-corrected chi connectivity index (χ4v) is 0.687. The van der Waals surface area contributed by atoms with Crippen LogP contribution in [0.25, 0.3) is 0 Å². The summed E-state index contributed by atoms with van der Waals surface area (Å²) in [6, 6.07) is 0. The number of rotatable bonds is 2. The van der Waals surface area contributed by atoms with E-state index >= 15 is 0 Å². The van der Waals surface area contributed by atoms with E-state index in [0.29, 0.717) is 11.8 Å². The van der Waals surface area contributed by atoms with Crippen molar-refractivity contribution in [3.05, 3.63) is 13.8 Å². The Morgan fingerprint density at radius 1 is 1.12 bits per heavy atom. The van der Waals surface area contributed by atoms with Crippen molar-refractivity contribution in [2.45, 2.75) is 20.3 Å². The second-order valence-corrected chi connectivity index (χ2v) is 2.45. The average Bonchev–Trinajstić information content (AvgIpc) is 1.27. The van der Waals surface area contributed by atoms with Crippen LogP contribution in [0.4, 0.5) is 0 Å². The van der Waals surface area contributed by atoms with E-state index in [9.17, 15) is 0 Å². The van der Waals surface area contributed by atoms with E-state index in [1.165, 1.54) is 0 Å². The summed E-state index contributed by atoms with van der Waals surface area (Å²) in [7, 11) is 0. The van der Waals surface area contributed by atoms with Gasteiger partial charge in [-0.25, -0.2) is 0 Å². The van der Waals surface area contributed by atoms with E-state index in [-0.39, 0.29) is 17.1 Å². The molecule has 0 N–H and O–H groups in total. The fourth-order valence-electron chi connectivity index (χ4n) is 0.687. The minimum atomic E-state index is 0. The molecule has 0 bridgehead atoms. The summed E-state index contributed by atoms with van der Waals surface area (Å²) in [6.07, 6.45) is 1.14. The van der Waals surface area contributed by atoms with Crippen LogP contribution in [0.5, 0.6) is 0 Å². The molecule has 0 aliphatic rings. The molecule has 2 atom stereocenters. The smallest absolute Gasteiger partial charge is 0.341 e. The Bertz CT molecular complexity index is 33.7. The first-order chi connectivity index (χ1) is 3.13. The van der Waals surface area contributed by atoms with Gasteiger partial charge in [-0.2, -0.15) is 11.8 Å². The summed E-state index contributed by atoms with van der Waals surface area (Å²) in [5, 5.41) is 0. The molecule has 50 valence electrons. The van der Waals surface area contributed by atoms with E-state index in [4.69, 9.17) is 0 Å². The maximum Gasteiger partial charge on any atom is 2.00 e. The van der Waals surface area contributed by atoms with E-state index < -0.39 is 0 Å². The Morgan fingerprint density at radius 3 is 1.38 bits per heavy atom. The molecular weight excluding hydrogens is 140 g/mol. The van der Waals surface area contributed by atoms with Crippen LogP contribution in [-0.2, 0) is 17.1 Å². The minimum absolute atomic E-state index is 0. The van der Waals surface area contributed by atoms with Crippen molar-refractivity contribution < 1.29 is 17.1 Å². The Labute approximate surface area is 63.5 Å². The number of hydrogen-bond donors (Lipinski definition) is 0. The van der Waals surface area contributed by atoms with Gasteiger partial charge in [-0.05, 0) is 0 Å². The van der Waals surface area contributed by atoms with Gasteiger partial charge in [0.25, 0.3) is 0 Å². The molecular formula is C7H14Fe. The first-order valence-electron chi connectivity index (χ1n) is 2.79. The van der Waals surface area contributed by atoms with Crippen molar-refractivity contribution in [1.29, 1.82) is 0 Å². The zero-order chi connectivity index (χ0) is 5.86. The predicted octanol–water partition coefficient (Wildman–Crippen LogP) is 2.31. The molecule has 0 heterocycles. The van der Waals surface area contributed by atoms with Gasteiger partial charge in [0.05, 0.1) is 0 Å². The van der Waals surface area contributed by atoms with Gasteiger partial charge in [0, 0.05) is 0 Å². The minimum Gasteiger partial charge on any atom is -0.341 e. The quantitative estimate of drug-likeness (QED) is 0.423. The molecule has 0 amide bonds. The Balaban J connectivity index is 0. The third-order valence-corrected chi connectivity index (χ3v) is 0.805. The maximum absolute atomic E-state index is 3.84. The van der Waals surface area contributed by atoms with E-state index in [1.54, 1.807) is 0 Å². The predicted molar refractivity (Wildman–Crippen MR) is 33.7 cm³/mol. The van der Waals surface area contributed by atoms with Crippen molar-refractivity contribution in [2.24, 2.45) is 11.8 Å². The van der Waals surface area contributed by atoms with Gasteiger partial charge >= 0.3 is 17.1 Å². The largest absolute Gasteiger partial charge is 2.00 e. The van der Waals surface area contributed by atoms with Gasteiger partial charge in [-0.1, -0.05) is 13.8 Å². The van der Waals surface area contributed by atoms with E-state index in [1.807, 2.05) is 0 Å². The molecule has 0 aliphatic heterocycles. The van der Waals surface area contributed by atoms with Crippen LogP contribution in [0.15, 0.2) is 0 Å². The summed E-state index contributed by atoms with van der Waals surface area (Å²) < 4.78 is 0. The van der Waals surface area contributed by atoms with Crippen LogP contribution in [0, 0.1) is 25.7 Å². The Kier molecular flexibility index (Phi) is 8.01. The van der Waals surface area contributed by atoms with Crippen molar-refractivity contribution in [2.75, 3.05) is 0 Å². The molecule has 1 heteroatoms. The van der Waals surface area contributed by atoms with Crippen molar-refractivity contribution >= 4 is 0 Å². The van der Waals surface area contributed by atoms with E-state index in [0.717, 1.165) is 6.42 Å². The first-order valence-corrected chi connectivity index (χ1v) is 2.79. The molecule has 0 fully saturated rings. The summed E-state index contributed by atoms with van der Waals surface area (Å²) in [5.74, 6) is 1.12. The van der Waals surface area contributed by atoms with Crippen molar-refractivity contribution in [3.8, 4) is 0 Å². The second-order valence-electron chi connectivity index (χ2n) is 2.45. The van der Waals surface area contributed by atoms with Gasteiger partial charge in [0.1, 0.15) is 0 Å². The van der Waals surface area contributed by atoms with Crippen LogP contribution in [0.2, 0.25) is 0 Å². The fraction of sp³-hybridized carbons (Fsp3) is 0.714. The summed E-state index contributed by atoms with van der Waals surface area (Å²) in [6.45, 7) is 11.9. The average molecular weight is 154 g/mol. The van der Waals surface area contributed by atoms with Crippen LogP contribution >= 0.6 is 0 Å². The SMILES string of the molecule is [CH2-]C(C)CC([CH2-])C.[Fe+2].